The van der Waals surface area contributed by atoms with Crippen LogP contribution in [0.5, 0.6) is 0 Å². The minimum Gasteiger partial charge on any atom is -0.360 e. The van der Waals surface area contributed by atoms with Crippen molar-refractivity contribution in [1.29, 1.82) is 0 Å². The molecule has 0 unspecified atom stereocenters. The molecule has 2 aromatic heterocycles. The fourth-order valence-electron chi connectivity index (χ4n) is 1.78. The third-order valence-electron chi connectivity index (χ3n) is 2.67. The molecule has 0 aliphatic heterocycles. The van der Waals surface area contributed by atoms with E-state index in [0.29, 0.717) is 18.1 Å². The summed E-state index contributed by atoms with van der Waals surface area (Å²) in [4.78, 5) is 20.3. The Labute approximate surface area is 133 Å². The lowest BCUT2D eigenvalue weighted by Crippen LogP contribution is -2.29. The van der Waals surface area contributed by atoms with Crippen molar-refractivity contribution in [3.63, 3.8) is 0 Å². The molecule has 0 saturated carbocycles. The number of nitrogens with one attached hydrogen (secondary N) is 2. The number of amides is 2. The van der Waals surface area contributed by atoms with Gasteiger partial charge in [0, 0.05) is 29.8 Å². The summed E-state index contributed by atoms with van der Waals surface area (Å²) in [6.07, 6.45) is 0.826. The molecule has 0 saturated heterocycles. The van der Waals surface area contributed by atoms with Gasteiger partial charge in [-0.1, -0.05) is 16.9 Å². The number of carbonyl (C=O) groups is 1. The first-order valence-corrected chi connectivity index (χ1v) is 7.95. The summed E-state index contributed by atoms with van der Waals surface area (Å²) in [7, 11) is 0. The number of aromatic nitrogens is 3. The molecule has 0 radical (unpaired) electrons. The fraction of sp³-hybridized carbons (Fsp3) is 0.429. The molecule has 0 bridgehead atoms. The van der Waals surface area contributed by atoms with E-state index in [4.69, 9.17) is 4.52 Å². The van der Waals surface area contributed by atoms with Crippen LogP contribution in [0.3, 0.4) is 0 Å². The second-order valence-corrected chi connectivity index (χ2v) is 5.90. The van der Waals surface area contributed by atoms with E-state index in [0.717, 1.165) is 28.7 Å². The number of anilines is 1. The highest BCUT2D eigenvalue weighted by atomic mass is 32.2. The zero-order chi connectivity index (χ0) is 15.9. The lowest BCUT2D eigenvalue weighted by molar-refractivity contribution is 0.252. The highest BCUT2D eigenvalue weighted by Crippen LogP contribution is 2.14. The summed E-state index contributed by atoms with van der Waals surface area (Å²) in [5.74, 6) is 1.90. The van der Waals surface area contributed by atoms with Gasteiger partial charge in [0.05, 0.1) is 0 Å². The molecule has 0 aliphatic rings. The van der Waals surface area contributed by atoms with Crippen LogP contribution < -0.4 is 10.6 Å². The smallest absolute Gasteiger partial charge is 0.320 e. The molecule has 0 spiro atoms. The van der Waals surface area contributed by atoms with E-state index in [-0.39, 0.29) is 6.03 Å². The molecular weight excluding hydrogens is 302 g/mol. The van der Waals surface area contributed by atoms with Gasteiger partial charge in [0.2, 0.25) is 0 Å². The molecular formula is C14H19N5O2S. The number of aryl methyl sites for hydroxylation is 3. The molecule has 0 atom stereocenters. The zero-order valence-corrected chi connectivity index (χ0v) is 13.7. The predicted octanol–water partition coefficient (Wildman–Crippen LogP) is 2.69. The van der Waals surface area contributed by atoms with Gasteiger partial charge in [-0.15, -0.1) is 0 Å². The summed E-state index contributed by atoms with van der Waals surface area (Å²) < 4.78 is 4.87. The highest BCUT2D eigenvalue weighted by molar-refractivity contribution is 7.99. The SMILES string of the molecule is Cc1cc(C)nc(SCCCNC(=O)Nc2cc(C)on2)n1. The Morgan fingerprint density at radius 2 is 1.95 bits per heavy atom. The Bertz CT molecular complexity index is 624. The summed E-state index contributed by atoms with van der Waals surface area (Å²) >= 11 is 1.59. The van der Waals surface area contributed by atoms with Crippen LogP contribution in [0.4, 0.5) is 10.6 Å². The third kappa shape index (κ3) is 5.36. The van der Waals surface area contributed by atoms with Crippen molar-refractivity contribution < 1.29 is 9.32 Å². The molecule has 22 heavy (non-hydrogen) atoms. The van der Waals surface area contributed by atoms with E-state index in [1.165, 1.54) is 0 Å². The van der Waals surface area contributed by atoms with E-state index < -0.39 is 0 Å². The lowest BCUT2D eigenvalue weighted by atomic mass is 10.4. The Hall–Kier alpha value is -2.09. The van der Waals surface area contributed by atoms with E-state index in [2.05, 4.69) is 25.8 Å². The van der Waals surface area contributed by atoms with Crippen LogP contribution in [0.15, 0.2) is 21.8 Å². The van der Waals surface area contributed by atoms with Crippen LogP contribution in [0.25, 0.3) is 0 Å². The van der Waals surface area contributed by atoms with Crippen LogP contribution in [0.2, 0.25) is 0 Å². The standard InChI is InChI=1S/C14H19N5O2S/c1-9-7-10(2)17-14(16-9)22-6-4-5-15-13(20)18-12-8-11(3)21-19-12/h7-8H,4-6H2,1-3H3,(H2,15,18,19,20). The maximum Gasteiger partial charge on any atom is 0.320 e. The number of hydrogen-bond donors (Lipinski definition) is 2. The molecule has 2 heterocycles. The van der Waals surface area contributed by atoms with Crippen molar-refractivity contribution in [3.8, 4) is 0 Å². The van der Waals surface area contributed by atoms with Crippen molar-refractivity contribution in [3.05, 3.63) is 29.3 Å². The van der Waals surface area contributed by atoms with Crippen LogP contribution in [-0.2, 0) is 0 Å². The number of urea groups is 1. The minimum absolute atomic E-state index is 0.291. The molecule has 2 amide bonds. The summed E-state index contributed by atoms with van der Waals surface area (Å²) in [6.45, 7) is 6.25. The maximum absolute atomic E-state index is 11.6. The maximum atomic E-state index is 11.6. The number of hydrogen-bond acceptors (Lipinski definition) is 6. The van der Waals surface area contributed by atoms with Crippen molar-refractivity contribution >= 4 is 23.6 Å². The Morgan fingerprint density at radius 3 is 2.59 bits per heavy atom. The largest absolute Gasteiger partial charge is 0.360 e. The second kappa shape index (κ2) is 7.79. The van der Waals surface area contributed by atoms with E-state index in [1.54, 1.807) is 24.8 Å². The van der Waals surface area contributed by atoms with Gasteiger partial charge in [0.1, 0.15) is 5.76 Å². The average molecular weight is 321 g/mol. The monoisotopic (exact) mass is 321 g/mol. The van der Waals surface area contributed by atoms with Crippen LogP contribution >= 0.6 is 11.8 Å². The van der Waals surface area contributed by atoms with Gasteiger partial charge in [-0.05, 0) is 33.3 Å². The molecule has 2 N–H and O–H groups in total. The van der Waals surface area contributed by atoms with Gasteiger partial charge in [-0.25, -0.2) is 14.8 Å². The Morgan fingerprint density at radius 1 is 1.23 bits per heavy atom. The van der Waals surface area contributed by atoms with Gasteiger partial charge in [0.25, 0.3) is 0 Å². The van der Waals surface area contributed by atoms with E-state index in [1.807, 2.05) is 19.9 Å². The molecule has 2 aromatic rings. The molecule has 2 rings (SSSR count). The fourth-order valence-corrected chi connectivity index (χ4v) is 2.67. The van der Waals surface area contributed by atoms with E-state index in [9.17, 15) is 4.79 Å². The first kappa shape index (κ1) is 16.3. The van der Waals surface area contributed by atoms with Gasteiger partial charge >= 0.3 is 6.03 Å². The third-order valence-corrected chi connectivity index (χ3v) is 3.60. The van der Waals surface area contributed by atoms with Gasteiger partial charge in [0.15, 0.2) is 11.0 Å². The topological polar surface area (TPSA) is 92.9 Å². The summed E-state index contributed by atoms with van der Waals surface area (Å²) in [6, 6.07) is 3.31. The summed E-state index contributed by atoms with van der Waals surface area (Å²) in [5.41, 5.74) is 1.94. The number of carbonyl (C=O) groups excluding carboxylic acids is 1. The molecule has 0 aliphatic carbocycles. The predicted molar refractivity (Wildman–Crippen MR) is 85.1 cm³/mol. The lowest BCUT2D eigenvalue weighted by Gasteiger charge is -2.05. The quantitative estimate of drug-likeness (QED) is 0.483. The van der Waals surface area contributed by atoms with Crippen LogP contribution in [0, 0.1) is 20.8 Å². The van der Waals surface area contributed by atoms with Gasteiger partial charge < -0.3 is 9.84 Å². The minimum atomic E-state index is -0.291. The average Bonchev–Trinajstić information content (AvgIpc) is 2.82. The number of thioether (sulfide) groups is 1. The Balaban J connectivity index is 1.63. The molecule has 8 heteroatoms. The highest BCUT2D eigenvalue weighted by Gasteiger charge is 2.05. The first-order chi connectivity index (χ1) is 10.5. The summed E-state index contributed by atoms with van der Waals surface area (Å²) in [5, 5.41) is 9.83. The Kier molecular flexibility index (Phi) is 5.76. The zero-order valence-electron chi connectivity index (χ0n) is 12.8. The first-order valence-electron chi connectivity index (χ1n) is 6.96. The van der Waals surface area contributed by atoms with Crippen molar-refractivity contribution in [2.45, 2.75) is 32.3 Å². The van der Waals surface area contributed by atoms with Gasteiger partial charge in [-0.2, -0.15) is 0 Å². The molecule has 7 nitrogen and oxygen atoms in total. The van der Waals surface area contributed by atoms with Gasteiger partial charge in [-0.3, -0.25) is 5.32 Å². The van der Waals surface area contributed by atoms with Crippen LogP contribution in [-0.4, -0.2) is 33.5 Å². The molecule has 118 valence electrons. The number of rotatable bonds is 6. The molecule has 0 fully saturated rings. The van der Waals surface area contributed by atoms with Crippen LogP contribution in [0.1, 0.15) is 23.6 Å². The van der Waals surface area contributed by atoms with E-state index >= 15 is 0 Å². The van der Waals surface area contributed by atoms with Crippen molar-refractivity contribution in [2.75, 3.05) is 17.6 Å². The molecule has 0 aromatic carbocycles. The second-order valence-electron chi connectivity index (χ2n) is 4.84. The van der Waals surface area contributed by atoms with Crippen molar-refractivity contribution in [1.82, 2.24) is 20.4 Å². The normalized spacial score (nSPS) is 10.5. The van der Waals surface area contributed by atoms with Crippen molar-refractivity contribution in [2.24, 2.45) is 0 Å². The number of nitrogens with zero attached hydrogens (tertiary/aromatic N) is 3.